The molecular weight excluding hydrogens is 393 g/mol. The lowest BCUT2D eigenvalue weighted by Gasteiger charge is -2.13. The summed E-state index contributed by atoms with van der Waals surface area (Å²) in [5.74, 6) is -1.11. The van der Waals surface area contributed by atoms with Gasteiger partial charge in [-0.3, -0.25) is 14.5 Å². The Morgan fingerprint density at radius 3 is 2.27 bits per heavy atom. The summed E-state index contributed by atoms with van der Waals surface area (Å²) in [5, 5.41) is 0. The van der Waals surface area contributed by atoms with Crippen molar-refractivity contribution in [1.82, 2.24) is 4.90 Å². The second kappa shape index (κ2) is 8.20. The van der Waals surface area contributed by atoms with Crippen LogP contribution in [0.4, 0.5) is 4.39 Å². The Bertz CT molecular complexity index is 1070. The van der Waals surface area contributed by atoms with E-state index in [-0.39, 0.29) is 31.3 Å². The molecule has 2 heterocycles. The van der Waals surface area contributed by atoms with Crippen LogP contribution in [0.5, 0.6) is 5.75 Å². The molecule has 1 aliphatic heterocycles. The van der Waals surface area contributed by atoms with E-state index in [1.165, 1.54) is 30.3 Å². The molecule has 0 fully saturated rings. The molecule has 4 rings (SSSR count). The van der Waals surface area contributed by atoms with E-state index < -0.39 is 17.8 Å². The summed E-state index contributed by atoms with van der Waals surface area (Å²) >= 11 is 0. The maximum Gasteiger partial charge on any atom is 0.374 e. The predicted molar refractivity (Wildman–Crippen MR) is 102 cm³/mol. The molecule has 2 aromatic carbocycles. The quantitative estimate of drug-likeness (QED) is 0.439. The van der Waals surface area contributed by atoms with Crippen LogP contribution in [0.3, 0.4) is 0 Å². The molecule has 152 valence electrons. The number of carbonyl (C=O) groups excluding carboxylic acids is 3. The number of hydrogen-bond donors (Lipinski definition) is 0. The van der Waals surface area contributed by atoms with Crippen LogP contribution in [0.15, 0.2) is 65.1 Å². The van der Waals surface area contributed by atoms with E-state index in [0.29, 0.717) is 22.6 Å². The largest absolute Gasteiger partial charge is 0.486 e. The fourth-order valence-corrected chi connectivity index (χ4v) is 2.99. The summed E-state index contributed by atoms with van der Waals surface area (Å²) in [5.41, 5.74) is 0.677. The number of amides is 2. The van der Waals surface area contributed by atoms with Crippen LogP contribution in [0.2, 0.25) is 0 Å². The third-order valence-corrected chi connectivity index (χ3v) is 4.48. The summed E-state index contributed by atoms with van der Waals surface area (Å²) in [6, 6.07) is 15.0. The smallest absolute Gasteiger partial charge is 0.374 e. The highest BCUT2D eigenvalue weighted by Gasteiger charge is 2.34. The van der Waals surface area contributed by atoms with Gasteiger partial charge in [0.1, 0.15) is 30.5 Å². The average molecular weight is 409 g/mol. The summed E-state index contributed by atoms with van der Waals surface area (Å²) in [4.78, 5) is 37.7. The first-order valence-electron chi connectivity index (χ1n) is 9.12. The number of esters is 1. The first-order chi connectivity index (χ1) is 14.5. The van der Waals surface area contributed by atoms with Gasteiger partial charge in [-0.1, -0.05) is 12.1 Å². The molecule has 0 unspecified atom stereocenters. The van der Waals surface area contributed by atoms with E-state index in [1.54, 1.807) is 30.3 Å². The van der Waals surface area contributed by atoms with Crippen molar-refractivity contribution < 1.29 is 32.7 Å². The predicted octanol–water partition coefficient (Wildman–Crippen LogP) is 3.45. The van der Waals surface area contributed by atoms with E-state index in [4.69, 9.17) is 13.9 Å². The molecule has 0 bridgehead atoms. The monoisotopic (exact) mass is 409 g/mol. The van der Waals surface area contributed by atoms with Gasteiger partial charge < -0.3 is 13.9 Å². The number of carbonyl (C=O) groups is 3. The Balaban J connectivity index is 1.27. The second-order valence-corrected chi connectivity index (χ2v) is 6.45. The van der Waals surface area contributed by atoms with Crippen molar-refractivity contribution in [2.75, 3.05) is 13.2 Å². The van der Waals surface area contributed by atoms with Crippen LogP contribution in [0.1, 0.15) is 37.0 Å². The third kappa shape index (κ3) is 3.93. The lowest BCUT2D eigenvalue weighted by atomic mass is 10.1. The van der Waals surface area contributed by atoms with E-state index in [1.807, 2.05) is 0 Å². The maximum atomic E-state index is 12.9. The molecule has 8 heteroatoms. The number of fused-ring (bicyclic) bond motifs is 1. The van der Waals surface area contributed by atoms with Crippen molar-refractivity contribution in [2.45, 2.75) is 6.61 Å². The van der Waals surface area contributed by atoms with Crippen molar-refractivity contribution in [2.24, 2.45) is 0 Å². The third-order valence-electron chi connectivity index (χ3n) is 4.48. The van der Waals surface area contributed by atoms with Gasteiger partial charge in [0, 0.05) is 0 Å². The highest BCUT2D eigenvalue weighted by molar-refractivity contribution is 6.21. The SMILES string of the molecule is O=C(OCCN1C(=O)c2ccccc2C1=O)c1ccc(COc2ccc(F)cc2)o1. The Morgan fingerprint density at radius 1 is 0.933 bits per heavy atom. The second-order valence-electron chi connectivity index (χ2n) is 6.45. The molecular formula is C22H16FNO6. The van der Waals surface area contributed by atoms with Gasteiger partial charge in [-0.15, -0.1) is 0 Å². The minimum atomic E-state index is -0.723. The van der Waals surface area contributed by atoms with Crippen molar-refractivity contribution >= 4 is 17.8 Å². The molecule has 1 aromatic heterocycles. The Hall–Kier alpha value is -3.94. The molecule has 2 amide bonds. The normalized spacial score (nSPS) is 12.8. The van der Waals surface area contributed by atoms with Gasteiger partial charge in [0.25, 0.3) is 11.8 Å². The summed E-state index contributed by atoms with van der Waals surface area (Å²) in [6.07, 6.45) is 0. The first-order valence-corrected chi connectivity index (χ1v) is 9.12. The Labute approximate surface area is 170 Å². The molecule has 0 radical (unpaired) electrons. The van der Waals surface area contributed by atoms with Gasteiger partial charge in [-0.25, -0.2) is 9.18 Å². The molecule has 0 atom stereocenters. The zero-order chi connectivity index (χ0) is 21.1. The summed E-state index contributed by atoms with van der Waals surface area (Å²) in [6.45, 7) is -0.167. The number of nitrogens with zero attached hydrogens (tertiary/aromatic N) is 1. The van der Waals surface area contributed by atoms with E-state index in [9.17, 15) is 18.8 Å². The number of halogens is 1. The van der Waals surface area contributed by atoms with Crippen LogP contribution in [0, 0.1) is 5.82 Å². The molecule has 0 saturated heterocycles. The minimum Gasteiger partial charge on any atom is -0.486 e. The molecule has 0 saturated carbocycles. The molecule has 3 aromatic rings. The van der Waals surface area contributed by atoms with Crippen molar-refractivity contribution in [1.29, 1.82) is 0 Å². The van der Waals surface area contributed by atoms with Gasteiger partial charge in [0.2, 0.25) is 5.76 Å². The zero-order valence-corrected chi connectivity index (χ0v) is 15.7. The van der Waals surface area contributed by atoms with E-state index in [0.717, 1.165) is 4.90 Å². The highest BCUT2D eigenvalue weighted by Crippen LogP contribution is 2.22. The maximum absolute atomic E-state index is 12.9. The molecule has 0 aliphatic carbocycles. The zero-order valence-electron chi connectivity index (χ0n) is 15.7. The van der Waals surface area contributed by atoms with E-state index in [2.05, 4.69) is 0 Å². The van der Waals surface area contributed by atoms with Crippen molar-refractivity contribution in [3.05, 3.63) is 89.1 Å². The van der Waals surface area contributed by atoms with Crippen molar-refractivity contribution in [3.8, 4) is 5.75 Å². The fraction of sp³-hybridized carbons (Fsp3) is 0.136. The van der Waals surface area contributed by atoms with Gasteiger partial charge in [0.05, 0.1) is 17.7 Å². The Morgan fingerprint density at radius 2 is 1.60 bits per heavy atom. The molecule has 7 nitrogen and oxygen atoms in total. The number of ether oxygens (including phenoxy) is 2. The molecule has 0 spiro atoms. The molecule has 1 aliphatic rings. The van der Waals surface area contributed by atoms with Crippen LogP contribution in [-0.2, 0) is 11.3 Å². The first kappa shape index (κ1) is 19.4. The minimum absolute atomic E-state index is 0.0323. The average Bonchev–Trinajstić information content (AvgIpc) is 3.33. The van der Waals surface area contributed by atoms with E-state index >= 15 is 0 Å². The lowest BCUT2D eigenvalue weighted by molar-refractivity contribution is 0.0391. The fourth-order valence-electron chi connectivity index (χ4n) is 2.99. The highest BCUT2D eigenvalue weighted by atomic mass is 19.1. The van der Waals surface area contributed by atoms with Gasteiger partial charge in [0.15, 0.2) is 0 Å². The van der Waals surface area contributed by atoms with Gasteiger partial charge in [-0.05, 0) is 48.5 Å². The van der Waals surface area contributed by atoms with Crippen LogP contribution in [-0.4, -0.2) is 35.8 Å². The van der Waals surface area contributed by atoms with Crippen molar-refractivity contribution in [3.63, 3.8) is 0 Å². The van der Waals surface area contributed by atoms with Crippen LogP contribution < -0.4 is 4.74 Å². The Kier molecular flexibility index (Phi) is 5.30. The molecule has 30 heavy (non-hydrogen) atoms. The van der Waals surface area contributed by atoms with Crippen LogP contribution >= 0.6 is 0 Å². The summed E-state index contributed by atoms with van der Waals surface area (Å²) < 4.78 is 28.8. The number of hydrogen-bond acceptors (Lipinski definition) is 6. The lowest BCUT2D eigenvalue weighted by Crippen LogP contribution is -2.33. The number of imide groups is 1. The summed E-state index contributed by atoms with van der Waals surface area (Å²) in [7, 11) is 0. The number of benzene rings is 2. The standard InChI is InChI=1S/C22H16FNO6/c23-14-5-7-15(8-6-14)29-13-16-9-10-19(30-16)22(27)28-12-11-24-20(25)17-3-1-2-4-18(17)21(24)26/h1-10H,11-13H2. The number of rotatable bonds is 7. The van der Waals surface area contributed by atoms with Gasteiger partial charge >= 0.3 is 5.97 Å². The van der Waals surface area contributed by atoms with Crippen LogP contribution in [0.25, 0.3) is 0 Å². The van der Waals surface area contributed by atoms with Gasteiger partial charge in [-0.2, -0.15) is 0 Å². The topological polar surface area (TPSA) is 86.0 Å². The molecule has 0 N–H and O–H groups in total. The number of furan rings is 1.